The first kappa shape index (κ1) is 21.8. The zero-order valence-electron chi connectivity index (χ0n) is 17.3. The van der Waals surface area contributed by atoms with Crippen molar-refractivity contribution in [1.29, 1.82) is 0 Å². The van der Waals surface area contributed by atoms with Gasteiger partial charge >= 0.3 is 0 Å². The molecule has 1 atom stereocenters. The van der Waals surface area contributed by atoms with Gasteiger partial charge in [0.1, 0.15) is 23.4 Å². The van der Waals surface area contributed by atoms with Gasteiger partial charge in [0.2, 0.25) is 5.91 Å². The molecule has 4 rings (SSSR count). The normalized spacial score (nSPS) is 14.8. The van der Waals surface area contributed by atoms with Crippen molar-refractivity contribution in [2.75, 3.05) is 24.9 Å². The highest BCUT2D eigenvalue weighted by molar-refractivity contribution is 6.31. The second kappa shape index (κ2) is 8.97. The molecule has 0 fully saturated rings. The molecule has 32 heavy (non-hydrogen) atoms. The molecule has 0 saturated carbocycles. The molecular weight excluding hydrogens is 439 g/mol. The fourth-order valence-corrected chi connectivity index (χ4v) is 3.76. The number of methoxy groups -OCH3 is 2. The van der Waals surface area contributed by atoms with Crippen molar-refractivity contribution in [3.05, 3.63) is 59.0 Å². The van der Waals surface area contributed by atoms with Gasteiger partial charge in [0.15, 0.2) is 0 Å². The third kappa shape index (κ3) is 4.17. The Morgan fingerprint density at radius 3 is 2.66 bits per heavy atom. The number of carbonyl (C=O) groups is 2. The Morgan fingerprint density at radius 1 is 1.25 bits per heavy atom. The Morgan fingerprint density at radius 2 is 2.00 bits per heavy atom. The number of hydrogen-bond donors (Lipinski definition) is 2. The van der Waals surface area contributed by atoms with Crippen LogP contribution in [0.3, 0.4) is 0 Å². The summed E-state index contributed by atoms with van der Waals surface area (Å²) in [6.07, 6.45) is -0.163. The van der Waals surface area contributed by atoms with E-state index in [1.54, 1.807) is 14.2 Å². The van der Waals surface area contributed by atoms with Crippen LogP contribution in [0.25, 0.3) is 11.1 Å². The summed E-state index contributed by atoms with van der Waals surface area (Å²) in [6, 6.07) is 10.4. The standard InChI is InChI=1S/C22H20ClFN4O4/c1-31-11-17-20(12-3-6-14(32-2)7-4-12)21-26-22(30)18(28(21)27-17)10-19(29)25-13-5-8-16(24)15(23)9-13/h3-9,18H,10-11H2,1-2H3,(H,25,29)(H,26,30). The minimum Gasteiger partial charge on any atom is -0.497 e. The van der Waals surface area contributed by atoms with Crippen molar-refractivity contribution < 1.29 is 23.5 Å². The molecule has 1 aliphatic rings. The van der Waals surface area contributed by atoms with Gasteiger partial charge in [0.25, 0.3) is 5.91 Å². The minimum absolute atomic E-state index is 0.107. The van der Waals surface area contributed by atoms with Crippen molar-refractivity contribution in [2.45, 2.75) is 19.1 Å². The van der Waals surface area contributed by atoms with Crippen molar-refractivity contribution in [3.63, 3.8) is 0 Å². The SMILES string of the molecule is COCc1nn2c(c1-c1ccc(OC)cc1)NC(=O)C2CC(=O)Nc1ccc(F)c(Cl)c1. The monoisotopic (exact) mass is 458 g/mol. The predicted octanol–water partition coefficient (Wildman–Crippen LogP) is 4.02. The highest BCUT2D eigenvalue weighted by Crippen LogP contribution is 2.39. The van der Waals surface area contributed by atoms with Gasteiger partial charge in [-0.1, -0.05) is 23.7 Å². The van der Waals surface area contributed by atoms with Crippen LogP contribution in [0.4, 0.5) is 15.9 Å². The molecule has 1 aromatic heterocycles. The van der Waals surface area contributed by atoms with Gasteiger partial charge in [-0.2, -0.15) is 5.10 Å². The molecule has 0 saturated heterocycles. The number of fused-ring (bicyclic) bond motifs is 1. The molecule has 2 aromatic carbocycles. The van der Waals surface area contributed by atoms with Crippen molar-refractivity contribution in [2.24, 2.45) is 0 Å². The lowest BCUT2D eigenvalue weighted by Gasteiger charge is -2.10. The van der Waals surface area contributed by atoms with Crippen molar-refractivity contribution >= 4 is 34.9 Å². The highest BCUT2D eigenvalue weighted by atomic mass is 35.5. The Hall–Kier alpha value is -3.43. The molecule has 2 heterocycles. The number of nitrogens with zero attached hydrogens (tertiary/aromatic N) is 2. The van der Waals surface area contributed by atoms with E-state index in [0.717, 1.165) is 17.2 Å². The lowest BCUT2D eigenvalue weighted by Crippen LogP contribution is -2.24. The molecule has 0 spiro atoms. The van der Waals surface area contributed by atoms with E-state index in [1.807, 2.05) is 24.3 Å². The van der Waals surface area contributed by atoms with Gasteiger partial charge in [-0.15, -0.1) is 0 Å². The lowest BCUT2D eigenvalue weighted by atomic mass is 10.1. The molecule has 3 aromatic rings. The quantitative estimate of drug-likeness (QED) is 0.557. The molecule has 2 N–H and O–H groups in total. The third-order valence-corrected chi connectivity index (χ3v) is 5.35. The summed E-state index contributed by atoms with van der Waals surface area (Å²) in [5, 5.41) is 9.90. The van der Waals surface area contributed by atoms with E-state index in [0.29, 0.717) is 22.9 Å². The van der Waals surface area contributed by atoms with Crippen LogP contribution >= 0.6 is 11.6 Å². The van der Waals surface area contributed by atoms with E-state index in [4.69, 9.17) is 21.1 Å². The smallest absolute Gasteiger partial charge is 0.251 e. The number of halogens is 2. The van der Waals surface area contributed by atoms with Crippen LogP contribution in [0.2, 0.25) is 5.02 Å². The Labute approximate surface area is 188 Å². The number of aromatic nitrogens is 2. The van der Waals surface area contributed by atoms with Crippen molar-refractivity contribution in [1.82, 2.24) is 9.78 Å². The topological polar surface area (TPSA) is 94.5 Å². The minimum atomic E-state index is -0.844. The second-order valence-corrected chi connectivity index (χ2v) is 7.57. The fourth-order valence-electron chi connectivity index (χ4n) is 3.58. The summed E-state index contributed by atoms with van der Waals surface area (Å²) in [5.41, 5.74) is 2.50. The zero-order valence-corrected chi connectivity index (χ0v) is 18.1. The van der Waals surface area contributed by atoms with Gasteiger partial charge in [0, 0.05) is 18.4 Å². The van der Waals surface area contributed by atoms with Gasteiger partial charge in [-0.3, -0.25) is 9.59 Å². The van der Waals surface area contributed by atoms with Crippen LogP contribution in [0.1, 0.15) is 18.2 Å². The number of amides is 2. The van der Waals surface area contributed by atoms with Gasteiger partial charge in [0.05, 0.1) is 30.9 Å². The number of rotatable bonds is 7. The molecule has 0 aliphatic carbocycles. The van der Waals surface area contributed by atoms with Crippen LogP contribution in [0.15, 0.2) is 42.5 Å². The van der Waals surface area contributed by atoms with E-state index in [2.05, 4.69) is 15.7 Å². The van der Waals surface area contributed by atoms with E-state index in [-0.39, 0.29) is 24.0 Å². The van der Waals surface area contributed by atoms with Gasteiger partial charge < -0.3 is 20.1 Å². The Kier molecular flexibility index (Phi) is 6.11. The summed E-state index contributed by atoms with van der Waals surface area (Å²) < 4.78 is 25.3. The Balaban J connectivity index is 1.61. The summed E-state index contributed by atoms with van der Waals surface area (Å²) >= 11 is 5.76. The molecule has 8 nitrogen and oxygen atoms in total. The molecular formula is C22H20ClFN4O4. The summed E-state index contributed by atoms with van der Waals surface area (Å²) in [6.45, 7) is 0.226. The number of ether oxygens (including phenoxy) is 2. The maximum Gasteiger partial charge on any atom is 0.251 e. The van der Waals surface area contributed by atoms with Gasteiger partial charge in [-0.05, 0) is 35.9 Å². The first-order valence-electron chi connectivity index (χ1n) is 9.71. The highest BCUT2D eigenvalue weighted by Gasteiger charge is 2.37. The maximum absolute atomic E-state index is 13.3. The lowest BCUT2D eigenvalue weighted by molar-refractivity contribution is -0.123. The van der Waals surface area contributed by atoms with Gasteiger partial charge in [-0.25, -0.2) is 9.07 Å². The third-order valence-electron chi connectivity index (χ3n) is 5.06. The number of anilines is 2. The molecule has 10 heteroatoms. The van der Waals surface area contributed by atoms with E-state index in [1.165, 1.54) is 16.8 Å². The molecule has 2 amide bonds. The first-order chi connectivity index (χ1) is 15.4. The first-order valence-corrected chi connectivity index (χ1v) is 10.1. The van der Waals surface area contributed by atoms with Crippen molar-refractivity contribution in [3.8, 4) is 16.9 Å². The maximum atomic E-state index is 13.3. The molecule has 166 valence electrons. The van der Waals surface area contributed by atoms with Crippen LogP contribution < -0.4 is 15.4 Å². The summed E-state index contributed by atoms with van der Waals surface area (Å²) in [7, 11) is 3.14. The molecule has 1 unspecified atom stereocenters. The number of carbonyl (C=O) groups excluding carboxylic acids is 2. The fraction of sp³-hybridized carbons (Fsp3) is 0.227. The predicted molar refractivity (Wildman–Crippen MR) is 117 cm³/mol. The molecule has 0 bridgehead atoms. The van der Waals surface area contributed by atoms with Crippen LogP contribution in [-0.4, -0.2) is 35.8 Å². The number of benzene rings is 2. The number of hydrogen-bond acceptors (Lipinski definition) is 5. The molecule has 1 aliphatic heterocycles. The average Bonchev–Trinajstić information content (AvgIpc) is 3.26. The van der Waals surface area contributed by atoms with E-state index in [9.17, 15) is 14.0 Å². The summed E-state index contributed by atoms with van der Waals surface area (Å²) in [4.78, 5) is 25.2. The van der Waals surface area contributed by atoms with E-state index < -0.39 is 17.8 Å². The zero-order chi connectivity index (χ0) is 22.8. The largest absolute Gasteiger partial charge is 0.497 e. The van der Waals surface area contributed by atoms with Crippen LogP contribution in [0, 0.1) is 5.82 Å². The molecule has 0 radical (unpaired) electrons. The summed E-state index contributed by atoms with van der Waals surface area (Å²) in [5.74, 6) is -0.174. The van der Waals surface area contributed by atoms with E-state index >= 15 is 0 Å². The van der Waals surface area contributed by atoms with Crippen LogP contribution in [0.5, 0.6) is 5.75 Å². The van der Waals surface area contributed by atoms with Crippen LogP contribution in [-0.2, 0) is 20.9 Å². The Bertz CT molecular complexity index is 1180. The number of nitrogens with one attached hydrogen (secondary N) is 2. The second-order valence-electron chi connectivity index (χ2n) is 7.16. The average molecular weight is 459 g/mol.